The van der Waals surface area contributed by atoms with Crippen molar-refractivity contribution in [3.63, 3.8) is 0 Å². The highest BCUT2D eigenvalue weighted by Gasteiger charge is 2.03. The summed E-state index contributed by atoms with van der Waals surface area (Å²) in [6.45, 7) is 5.74. The highest BCUT2D eigenvalue weighted by atomic mass is 16.5. The Balaban J connectivity index is 3.05. The van der Waals surface area contributed by atoms with Gasteiger partial charge in [-0.15, -0.1) is 0 Å². The summed E-state index contributed by atoms with van der Waals surface area (Å²) in [6, 6.07) is 0. The molecule has 0 saturated heterocycles. The molecule has 0 aromatic rings. The molecule has 0 radical (unpaired) electrons. The predicted octanol–water partition coefficient (Wildman–Crippen LogP) is 6.26. The molecule has 22 heavy (non-hydrogen) atoms. The van der Waals surface area contributed by atoms with Gasteiger partial charge in [0, 0.05) is 13.2 Å². The first-order valence-corrected chi connectivity index (χ1v) is 10.1. The Kier molecular flexibility index (Phi) is 18.9. The molecule has 1 N–H and O–H groups in total. The average Bonchev–Trinajstić information content (AvgIpc) is 2.52. The molecule has 2 heteroatoms. The summed E-state index contributed by atoms with van der Waals surface area (Å²) < 4.78 is 5.26. The first kappa shape index (κ1) is 21.9. The van der Waals surface area contributed by atoms with Gasteiger partial charge in [-0.3, -0.25) is 0 Å². The second-order valence-corrected chi connectivity index (χ2v) is 6.67. The number of hydrogen-bond acceptors (Lipinski definition) is 2. The summed E-state index contributed by atoms with van der Waals surface area (Å²) in [5, 5.41) is 9.77. The Hall–Kier alpha value is -0.0800. The Morgan fingerprint density at radius 2 is 1.09 bits per heavy atom. The first-order chi connectivity index (χ1) is 10.8. The number of hydrogen-bond donors (Lipinski definition) is 1. The van der Waals surface area contributed by atoms with Crippen LogP contribution in [0.4, 0.5) is 0 Å². The van der Waals surface area contributed by atoms with Gasteiger partial charge < -0.3 is 9.84 Å². The average molecular weight is 315 g/mol. The van der Waals surface area contributed by atoms with E-state index in [2.05, 4.69) is 6.92 Å². The van der Waals surface area contributed by atoms with E-state index in [1.165, 1.54) is 83.5 Å². The van der Waals surface area contributed by atoms with Crippen LogP contribution in [-0.4, -0.2) is 24.4 Å². The Bertz CT molecular complexity index is 194. The van der Waals surface area contributed by atoms with Crippen molar-refractivity contribution in [2.45, 2.75) is 116 Å². The van der Waals surface area contributed by atoms with Gasteiger partial charge in [-0.2, -0.15) is 0 Å². The molecule has 0 aliphatic rings. The van der Waals surface area contributed by atoms with Gasteiger partial charge in [0.05, 0.1) is 6.10 Å². The van der Waals surface area contributed by atoms with E-state index >= 15 is 0 Å². The fourth-order valence-electron chi connectivity index (χ4n) is 2.91. The number of ether oxygens (including phenoxy) is 1. The maximum Gasteiger partial charge on any atom is 0.0562 e. The van der Waals surface area contributed by atoms with Gasteiger partial charge in [0.1, 0.15) is 0 Å². The zero-order chi connectivity index (χ0) is 16.3. The van der Waals surface area contributed by atoms with Gasteiger partial charge in [-0.1, -0.05) is 90.4 Å². The molecule has 0 aromatic heterocycles. The van der Waals surface area contributed by atoms with Crippen molar-refractivity contribution in [3.8, 4) is 0 Å². The summed E-state index contributed by atoms with van der Waals surface area (Å²) in [6.07, 6.45) is 19.6. The number of aliphatic hydroxyl groups is 1. The summed E-state index contributed by atoms with van der Waals surface area (Å²) in [5.74, 6) is 0. The third-order valence-electron chi connectivity index (χ3n) is 4.44. The lowest BCUT2D eigenvalue weighted by Gasteiger charge is -2.10. The van der Waals surface area contributed by atoms with Gasteiger partial charge in [0.2, 0.25) is 0 Å². The van der Waals surface area contributed by atoms with E-state index in [9.17, 15) is 5.11 Å². The van der Waals surface area contributed by atoms with Crippen LogP contribution in [0.25, 0.3) is 0 Å². The normalized spacial score (nSPS) is 12.7. The monoisotopic (exact) mass is 314 g/mol. The maximum absolute atomic E-state index is 9.77. The van der Waals surface area contributed by atoms with Gasteiger partial charge in [0.15, 0.2) is 0 Å². The summed E-state index contributed by atoms with van der Waals surface area (Å²) in [4.78, 5) is 0. The molecule has 0 fully saturated rings. The van der Waals surface area contributed by atoms with Crippen molar-refractivity contribution in [1.29, 1.82) is 0 Å². The zero-order valence-corrected chi connectivity index (χ0v) is 15.5. The highest BCUT2D eigenvalue weighted by Crippen LogP contribution is 2.13. The highest BCUT2D eigenvalue weighted by molar-refractivity contribution is 4.56. The molecule has 0 saturated carbocycles. The molecule has 134 valence electrons. The van der Waals surface area contributed by atoms with Crippen LogP contribution in [-0.2, 0) is 4.74 Å². The van der Waals surface area contributed by atoms with Crippen molar-refractivity contribution in [2.24, 2.45) is 0 Å². The smallest absolute Gasteiger partial charge is 0.0562 e. The molecule has 0 aliphatic carbocycles. The topological polar surface area (TPSA) is 29.5 Å². The maximum atomic E-state index is 9.77. The molecule has 1 atom stereocenters. The van der Waals surface area contributed by atoms with Crippen LogP contribution in [0.3, 0.4) is 0 Å². The van der Waals surface area contributed by atoms with E-state index in [0.717, 1.165) is 19.4 Å². The first-order valence-electron chi connectivity index (χ1n) is 10.1. The quantitative estimate of drug-likeness (QED) is 0.303. The van der Waals surface area contributed by atoms with Crippen molar-refractivity contribution in [3.05, 3.63) is 0 Å². The second kappa shape index (κ2) is 19.0. The summed E-state index contributed by atoms with van der Waals surface area (Å²) in [5.41, 5.74) is 0. The molecule has 0 spiro atoms. The summed E-state index contributed by atoms with van der Waals surface area (Å²) >= 11 is 0. The SMILES string of the molecule is CCCCCCCCCCCCCCCC(O)CCOCC. The Morgan fingerprint density at radius 3 is 1.55 bits per heavy atom. The van der Waals surface area contributed by atoms with Crippen molar-refractivity contribution < 1.29 is 9.84 Å². The lowest BCUT2D eigenvalue weighted by atomic mass is 10.0. The van der Waals surface area contributed by atoms with Crippen molar-refractivity contribution in [1.82, 2.24) is 0 Å². The Labute approximate surface area is 140 Å². The fraction of sp³-hybridized carbons (Fsp3) is 1.00. The molecule has 2 nitrogen and oxygen atoms in total. The van der Waals surface area contributed by atoms with Crippen LogP contribution < -0.4 is 0 Å². The van der Waals surface area contributed by atoms with Crippen LogP contribution in [0.5, 0.6) is 0 Å². The standard InChI is InChI=1S/C20H42O2/c1-3-5-6-7-8-9-10-11-12-13-14-15-16-17-20(21)18-19-22-4-2/h20-21H,3-19H2,1-2H3. The number of aliphatic hydroxyl groups excluding tert-OH is 1. The second-order valence-electron chi connectivity index (χ2n) is 6.67. The molecule has 0 amide bonds. The third kappa shape index (κ3) is 18.0. The predicted molar refractivity (Wildman–Crippen MR) is 97.4 cm³/mol. The van der Waals surface area contributed by atoms with E-state index in [1.54, 1.807) is 0 Å². The fourth-order valence-corrected chi connectivity index (χ4v) is 2.91. The van der Waals surface area contributed by atoms with E-state index in [-0.39, 0.29) is 6.10 Å². The molecular formula is C20H42O2. The van der Waals surface area contributed by atoms with Crippen LogP contribution in [0.1, 0.15) is 110 Å². The van der Waals surface area contributed by atoms with E-state index < -0.39 is 0 Å². The van der Waals surface area contributed by atoms with Gasteiger partial charge >= 0.3 is 0 Å². The van der Waals surface area contributed by atoms with E-state index in [1.807, 2.05) is 6.92 Å². The molecular weight excluding hydrogens is 272 g/mol. The molecule has 0 rings (SSSR count). The van der Waals surface area contributed by atoms with E-state index in [4.69, 9.17) is 4.74 Å². The molecule has 0 bridgehead atoms. The van der Waals surface area contributed by atoms with Gasteiger partial charge in [-0.05, 0) is 19.8 Å². The minimum atomic E-state index is -0.153. The third-order valence-corrected chi connectivity index (χ3v) is 4.44. The van der Waals surface area contributed by atoms with Crippen LogP contribution in [0.15, 0.2) is 0 Å². The van der Waals surface area contributed by atoms with Crippen LogP contribution >= 0.6 is 0 Å². The molecule has 0 aliphatic heterocycles. The van der Waals surface area contributed by atoms with Crippen molar-refractivity contribution in [2.75, 3.05) is 13.2 Å². The molecule has 0 aromatic carbocycles. The largest absolute Gasteiger partial charge is 0.393 e. The lowest BCUT2D eigenvalue weighted by Crippen LogP contribution is -2.10. The zero-order valence-electron chi connectivity index (χ0n) is 15.5. The minimum absolute atomic E-state index is 0.153. The van der Waals surface area contributed by atoms with Gasteiger partial charge in [0.25, 0.3) is 0 Å². The number of unbranched alkanes of at least 4 members (excludes halogenated alkanes) is 12. The van der Waals surface area contributed by atoms with E-state index in [0.29, 0.717) is 6.61 Å². The van der Waals surface area contributed by atoms with Crippen LogP contribution in [0, 0.1) is 0 Å². The van der Waals surface area contributed by atoms with Crippen LogP contribution in [0.2, 0.25) is 0 Å². The summed E-state index contributed by atoms with van der Waals surface area (Å²) in [7, 11) is 0. The molecule has 0 heterocycles. The Morgan fingerprint density at radius 1 is 0.636 bits per heavy atom. The number of rotatable bonds is 18. The van der Waals surface area contributed by atoms with Gasteiger partial charge in [-0.25, -0.2) is 0 Å². The minimum Gasteiger partial charge on any atom is -0.393 e. The van der Waals surface area contributed by atoms with Crippen molar-refractivity contribution >= 4 is 0 Å². The molecule has 1 unspecified atom stereocenters. The lowest BCUT2D eigenvalue weighted by molar-refractivity contribution is 0.0828.